The Balaban J connectivity index is 1.22. The van der Waals surface area contributed by atoms with Crippen molar-refractivity contribution in [1.82, 2.24) is 24.9 Å². The summed E-state index contributed by atoms with van der Waals surface area (Å²) in [5.74, 6) is -0.809. The molecule has 2 aromatic rings. The summed E-state index contributed by atoms with van der Waals surface area (Å²) in [6.07, 6.45) is 11.0. The minimum Gasteiger partial charge on any atom is -0.508 e. The van der Waals surface area contributed by atoms with Crippen molar-refractivity contribution in [2.45, 2.75) is 109 Å². The molecule has 4 atom stereocenters. The first-order valence-corrected chi connectivity index (χ1v) is 19.4. The Morgan fingerprint density at radius 3 is 2.16 bits per heavy atom. The summed E-state index contributed by atoms with van der Waals surface area (Å²) in [5.41, 5.74) is 2.10. The first-order valence-electron chi connectivity index (χ1n) is 19.4. The summed E-state index contributed by atoms with van der Waals surface area (Å²) >= 11 is 0. The maximum Gasteiger partial charge on any atom is 0.312 e. The smallest absolute Gasteiger partial charge is 0.312 e. The highest BCUT2D eigenvalue weighted by molar-refractivity contribution is 6.36. The van der Waals surface area contributed by atoms with Crippen LogP contribution in [0.4, 0.5) is 0 Å². The van der Waals surface area contributed by atoms with Gasteiger partial charge in [-0.15, -0.1) is 0 Å². The third kappa shape index (κ3) is 9.31. The van der Waals surface area contributed by atoms with Crippen LogP contribution in [-0.2, 0) is 32.0 Å². The number of phenols is 1. The van der Waals surface area contributed by atoms with Crippen LogP contribution in [0, 0.1) is 11.8 Å². The number of carbonyl (C=O) groups is 4. The van der Waals surface area contributed by atoms with E-state index in [0.717, 1.165) is 49.8 Å². The van der Waals surface area contributed by atoms with Crippen molar-refractivity contribution in [3.8, 4) is 5.75 Å². The quantitative estimate of drug-likeness (QED) is 0.237. The van der Waals surface area contributed by atoms with Crippen LogP contribution in [0.25, 0.3) is 0 Å². The van der Waals surface area contributed by atoms with E-state index in [0.29, 0.717) is 57.4 Å². The number of carbonyl (C=O) groups excluding carboxylic acids is 4. The molecular formula is C41H57N5O5. The number of nitrogens with one attached hydrogen (secondary N) is 1. The second-order valence-electron chi connectivity index (χ2n) is 15.9. The molecule has 276 valence electrons. The van der Waals surface area contributed by atoms with Gasteiger partial charge in [-0.25, -0.2) is 0 Å². The number of phenolic OH excluding ortho intramolecular Hbond substituents is 1. The van der Waals surface area contributed by atoms with Crippen molar-refractivity contribution >= 4 is 23.6 Å². The molecular weight excluding hydrogens is 642 g/mol. The number of hydrogen-bond donors (Lipinski definition) is 2. The highest BCUT2D eigenvalue weighted by Gasteiger charge is 2.44. The van der Waals surface area contributed by atoms with Crippen molar-refractivity contribution in [1.29, 1.82) is 0 Å². The number of amides is 4. The predicted molar refractivity (Wildman–Crippen MR) is 197 cm³/mol. The number of nitrogens with zero attached hydrogens (tertiary/aromatic N) is 4. The number of aromatic hydroxyl groups is 1. The summed E-state index contributed by atoms with van der Waals surface area (Å²) < 4.78 is 0. The summed E-state index contributed by atoms with van der Waals surface area (Å²) in [4.78, 5) is 62.2. The van der Waals surface area contributed by atoms with Crippen LogP contribution < -0.4 is 5.32 Å². The van der Waals surface area contributed by atoms with Gasteiger partial charge < -0.3 is 25.1 Å². The van der Waals surface area contributed by atoms with Gasteiger partial charge in [0.25, 0.3) is 0 Å². The van der Waals surface area contributed by atoms with Gasteiger partial charge in [0, 0.05) is 44.8 Å². The van der Waals surface area contributed by atoms with E-state index < -0.39 is 17.7 Å². The molecule has 0 bridgehead atoms. The maximum atomic E-state index is 14.2. The molecule has 1 aliphatic carbocycles. The fraction of sp³-hybridized carbons (Fsp3) is 0.610. The molecule has 1 saturated carbocycles. The van der Waals surface area contributed by atoms with E-state index >= 15 is 0 Å². The Labute approximate surface area is 303 Å². The van der Waals surface area contributed by atoms with Gasteiger partial charge in [-0.2, -0.15) is 0 Å². The van der Waals surface area contributed by atoms with Crippen LogP contribution in [0.1, 0.15) is 82.8 Å². The number of likely N-dealkylation sites (tertiary alicyclic amines) is 1. The van der Waals surface area contributed by atoms with Crippen LogP contribution in [0.3, 0.4) is 0 Å². The lowest BCUT2D eigenvalue weighted by molar-refractivity contribution is -0.162. The number of rotatable bonds is 13. The van der Waals surface area contributed by atoms with Crippen LogP contribution in [0.5, 0.6) is 5.75 Å². The first-order chi connectivity index (χ1) is 24.7. The van der Waals surface area contributed by atoms with Gasteiger partial charge >= 0.3 is 23.6 Å². The second-order valence-corrected chi connectivity index (χ2v) is 15.9. The topological polar surface area (TPSA) is 113 Å². The molecule has 4 fully saturated rings. The van der Waals surface area contributed by atoms with Gasteiger partial charge in [-0.05, 0) is 86.6 Å². The number of piperazine rings is 2. The molecule has 0 aromatic heterocycles. The summed E-state index contributed by atoms with van der Waals surface area (Å²) in [6.45, 7) is 7.81. The van der Waals surface area contributed by atoms with Crippen molar-refractivity contribution in [3.63, 3.8) is 0 Å². The van der Waals surface area contributed by atoms with E-state index in [2.05, 4.69) is 36.2 Å². The van der Waals surface area contributed by atoms with Crippen molar-refractivity contribution in [3.05, 3.63) is 65.7 Å². The highest BCUT2D eigenvalue weighted by Crippen LogP contribution is 2.30. The third-order valence-electron chi connectivity index (χ3n) is 11.6. The molecule has 0 radical (unpaired) electrons. The zero-order valence-electron chi connectivity index (χ0n) is 30.6. The van der Waals surface area contributed by atoms with Gasteiger partial charge in [0.05, 0.1) is 12.1 Å². The van der Waals surface area contributed by atoms with E-state index in [1.165, 1.54) is 25.7 Å². The Bertz CT molecular complexity index is 1490. The van der Waals surface area contributed by atoms with E-state index in [1.807, 2.05) is 40.1 Å². The Kier molecular flexibility index (Phi) is 12.3. The first kappa shape index (κ1) is 36.9. The van der Waals surface area contributed by atoms with E-state index in [1.54, 1.807) is 17.0 Å². The molecule has 3 saturated heterocycles. The summed E-state index contributed by atoms with van der Waals surface area (Å²) in [5, 5.41) is 12.5. The van der Waals surface area contributed by atoms with E-state index in [4.69, 9.17) is 0 Å². The summed E-state index contributed by atoms with van der Waals surface area (Å²) in [6, 6.07) is 16.8. The van der Waals surface area contributed by atoms with Crippen LogP contribution >= 0.6 is 0 Å². The fourth-order valence-electron chi connectivity index (χ4n) is 8.95. The normalized spacial score (nSPS) is 24.7. The molecule has 0 unspecified atom stereocenters. The van der Waals surface area contributed by atoms with Crippen molar-refractivity contribution in [2.75, 3.05) is 39.3 Å². The molecule has 2 aromatic carbocycles. The lowest BCUT2D eigenvalue weighted by Gasteiger charge is -2.46. The zero-order valence-corrected chi connectivity index (χ0v) is 30.6. The number of benzene rings is 2. The molecule has 51 heavy (non-hydrogen) atoms. The Morgan fingerprint density at radius 1 is 0.745 bits per heavy atom. The summed E-state index contributed by atoms with van der Waals surface area (Å²) in [7, 11) is 0. The minimum atomic E-state index is -0.578. The highest BCUT2D eigenvalue weighted by atomic mass is 16.3. The average molecular weight is 700 g/mol. The van der Waals surface area contributed by atoms with Gasteiger partial charge in [0.2, 0.25) is 0 Å². The van der Waals surface area contributed by atoms with Crippen molar-refractivity contribution in [2.24, 2.45) is 11.8 Å². The SMILES string of the molecule is CC(C)C[C@H]1CN([C@@H](Cc2ccccc2)CN2CCC[C@@H]2CN2C(=O)C(=O)NC[C@@H]2Cc2ccc(O)cc2)C(=O)C(=O)N1CC1CCCCCC1. The van der Waals surface area contributed by atoms with E-state index in [-0.39, 0.29) is 35.8 Å². The molecule has 10 heteroatoms. The molecule has 3 aliphatic heterocycles. The fourth-order valence-corrected chi connectivity index (χ4v) is 8.95. The molecule has 4 amide bonds. The lowest BCUT2D eigenvalue weighted by Crippen LogP contribution is -2.65. The van der Waals surface area contributed by atoms with E-state index in [9.17, 15) is 24.3 Å². The van der Waals surface area contributed by atoms with Crippen molar-refractivity contribution < 1.29 is 24.3 Å². The van der Waals surface area contributed by atoms with Gasteiger partial charge in [-0.1, -0.05) is 82.0 Å². The Morgan fingerprint density at radius 2 is 1.45 bits per heavy atom. The minimum absolute atomic E-state index is 0.0174. The zero-order chi connectivity index (χ0) is 35.9. The predicted octanol–water partition coefficient (Wildman–Crippen LogP) is 4.39. The van der Waals surface area contributed by atoms with Crippen LogP contribution in [-0.4, -0.2) is 112 Å². The average Bonchev–Trinajstić information content (AvgIpc) is 3.38. The largest absolute Gasteiger partial charge is 0.508 e. The standard InChI is InChI=1S/C41H57N5O5/c1-29(2)21-35-28-46(41(51)40(50)44(35)25-32-13-6-3-4-7-14-32)36(23-30-11-8-5-9-12-30)26-43-20-10-15-33(43)27-45-34(24-42-38(48)39(45)49)22-31-16-18-37(47)19-17-31/h5,8-9,11-12,16-19,29,32-36,47H,3-4,6-7,10,13-15,20-28H2,1-2H3,(H,42,48)/t33-,34+,35+,36+/m1/s1. The molecule has 6 rings (SSSR count). The molecule has 2 N–H and O–H groups in total. The van der Waals surface area contributed by atoms with Crippen LogP contribution in [0.2, 0.25) is 0 Å². The van der Waals surface area contributed by atoms with Gasteiger partial charge in [0.15, 0.2) is 0 Å². The monoisotopic (exact) mass is 699 g/mol. The van der Waals surface area contributed by atoms with Gasteiger partial charge in [0.1, 0.15) is 5.75 Å². The molecule has 0 spiro atoms. The second kappa shape index (κ2) is 17.1. The molecule has 4 aliphatic rings. The lowest BCUT2D eigenvalue weighted by atomic mass is 9.93. The number of hydrogen-bond acceptors (Lipinski definition) is 6. The van der Waals surface area contributed by atoms with Gasteiger partial charge in [-0.3, -0.25) is 24.1 Å². The molecule has 3 heterocycles. The third-order valence-corrected chi connectivity index (χ3v) is 11.6. The maximum absolute atomic E-state index is 14.2. The molecule has 10 nitrogen and oxygen atoms in total. The Hall–Kier alpha value is -3.92. The van der Waals surface area contributed by atoms with Crippen LogP contribution in [0.15, 0.2) is 54.6 Å².